The van der Waals surface area contributed by atoms with Gasteiger partial charge in [0.2, 0.25) is 0 Å². The van der Waals surface area contributed by atoms with E-state index >= 15 is 0 Å². The zero-order chi connectivity index (χ0) is 24.0. The van der Waals surface area contributed by atoms with Crippen LogP contribution in [0.5, 0.6) is 0 Å². The smallest absolute Gasteiger partial charge is 0.308 e. The van der Waals surface area contributed by atoms with Crippen molar-refractivity contribution < 1.29 is 9.90 Å². The van der Waals surface area contributed by atoms with Crippen molar-refractivity contribution in [3.05, 3.63) is 53.7 Å². The Hall–Kier alpha value is -3.62. The lowest BCUT2D eigenvalue weighted by atomic mass is 9.82. The normalized spacial score (nSPS) is 21.4. The molecule has 2 aliphatic heterocycles. The Bertz CT molecular complexity index is 1230. The molecule has 5 heterocycles. The van der Waals surface area contributed by atoms with E-state index in [2.05, 4.69) is 37.7 Å². The molecule has 0 aliphatic carbocycles. The van der Waals surface area contributed by atoms with E-state index in [1.165, 1.54) is 0 Å². The number of hydrogen-bond acceptors (Lipinski definition) is 8. The highest BCUT2D eigenvalue weighted by Gasteiger charge is 2.44. The van der Waals surface area contributed by atoms with Crippen molar-refractivity contribution in [1.82, 2.24) is 24.9 Å². The third-order valence-electron chi connectivity index (χ3n) is 7.00. The molecule has 1 N–H and O–H groups in total. The van der Waals surface area contributed by atoms with E-state index in [0.717, 1.165) is 41.4 Å². The summed E-state index contributed by atoms with van der Waals surface area (Å²) in [6.07, 6.45) is 6.03. The Morgan fingerprint density at radius 1 is 1.12 bits per heavy atom. The number of carboxylic acids is 1. The van der Waals surface area contributed by atoms with Crippen molar-refractivity contribution in [3.8, 4) is 11.6 Å². The zero-order valence-corrected chi connectivity index (χ0v) is 19.9. The van der Waals surface area contributed by atoms with Gasteiger partial charge in [0.1, 0.15) is 5.82 Å². The van der Waals surface area contributed by atoms with Crippen molar-refractivity contribution in [2.45, 2.75) is 40.2 Å². The maximum absolute atomic E-state index is 11.8. The molecule has 5 rings (SSSR count). The number of anilines is 2. The molecule has 2 aliphatic rings. The molecule has 0 radical (unpaired) electrons. The van der Waals surface area contributed by atoms with Crippen molar-refractivity contribution in [3.63, 3.8) is 0 Å². The van der Waals surface area contributed by atoms with Crippen molar-refractivity contribution in [2.75, 3.05) is 29.4 Å². The predicted octanol–water partition coefficient (Wildman–Crippen LogP) is 3.31. The molecule has 0 aromatic carbocycles. The van der Waals surface area contributed by atoms with E-state index in [4.69, 9.17) is 9.97 Å². The lowest BCUT2D eigenvalue weighted by Gasteiger charge is -2.36. The second-order valence-electron chi connectivity index (χ2n) is 9.87. The Morgan fingerprint density at radius 3 is 2.59 bits per heavy atom. The van der Waals surface area contributed by atoms with Crippen LogP contribution in [0, 0.1) is 18.3 Å². The average Bonchev–Trinajstić information content (AvgIpc) is 3.15. The van der Waals surface area contributed by atoms with E-state index < -0.39 is 11.9 Å². The van der Waals surface area contributed by atoms with Crippen LogP contribution in [-0.4, -0.2) is 55.6 Å². The summed E-state index contributed by atoms with van der Waals surface area (Å²) in [5.74, 6) is 0.824. The summed E-state index contributed by atoms with van der Waals surface area (Å²) in [6.45, 7) is 10.2. The van der Waals surface area contributed by atoms with Crippen LogP contribution in [0.4, 0.5) is 11.5 Å². The highest BCUT2D eigenvalue weighted by molar-refractivity contribution is 5.74. The van der Waals surface area contributed by atoms with Crippen LogP contribution in [0.15, 0.2) is 36.8 Å². The summed E-state index contributed by atoms with van der Waals surface area (Å²) in [4.78, 5) is 38.9. The van der Waals surface area contributed by atoms with Crippen LogP contribution in [0.1, 0.15) is 43.8 Å². The minimum Gasteiger partial charge on any atom is -0.481 e. The molecule has 0 saturated carbocycles. The van der Waals surface area contributed by atoms with Crippen LogP contribution in [0.25, 0.3) is 11.6 Å². The number of rotatable bonds is 4. The molecule has 34 heavy (non-hydrogen) atoms. The quantitative estimate of drug-likeness (QED) is 0.628. The molecule has 0 bridgehead atoms. The molecule has 9 heteroatoms. The largest absolute Gasteiger partial charge is 0.481 e. The van der Waals surface area contributed by atoms with Gasteiger partial charge >= 0.3 is 5.97 Å². The number of aryl methyl sites for hydroxylation is 1. The molecule has 1 fully saturated rings. The fraction of sp³-hybridized carbons (Fsp3) is 0.440. The molecule has 2 atom stereocenters. The third kappa shape index (κ3) is 3.95. The number of carbonyl (C=O) groups is 1. The molecule has 0 spiro atoms. The Kier molecular flexibility index (Phi) is 5.42. The monoisotopic (exact) mass is 459 g/mol. The maximum atomic E-state index is 11.8. The molecule has 0 amide bonds. The number of fused-ring (bicyclic) bond motifs is 1. The first kappa shape index (κ1) is 22.2. The lowest BCUT2D eigenvalue weighted by Crippen LogP contribution is -2.35. The van der Waals surface area contributed by atoms with E-state index in [0.29, 0.717) is 24.7 Å². The van der Waals surface area contributed by atoms with E-state index in [1.54, 1.807) is 18.5 Å². The first-order chi connectivity index (χ1) is 16.2. The molecular weight excluding hydrogens is 430 g/mol. The van der Waals surface area contributed by atoms with Gasteiger partial charge in [-0.1, -0.05) is 13.8 Å². The van der Waals surface area contributed by atoms with Crippen LogP contribution in [0.2, 0.25) is 0 Å². The Labute approximate surface area is 198 Å². The highest BCUT2D eigenvalue weighted by atomic mass is 16.4. The molecule has 1 saturated heterocycles. The minimum absolute atomic E-state index is 0.0541. The SMILES string of the molecule is Cc1cc(N2CC(C(=O)O)C(C)(C)C2)cc(N2CCc3nc(-c4ncccn4)ncc3C2C)n1. The van der Waals surface area contributed by atoms with Crippen LogP contribution >= 0.6 is 0 Å². The van der Waals surface area contributed by atoms with Crippen LogP contribution in [-0.2, 0) is 11.2 Å². The summed E-state index contributed by atoms with van der Waals surface area (Å²) in [6, 6.07) is 5.96. The first-order valence-electron chi connectivity index (χ1n) is 11.6. The number of hydrogen-bond donors (Lipinski definition) is 1. The average molecular weight is 460 g/mol. The maximum Gasteiger partial charge on any atom is 0.308 e. The molecule has 176 valence electrons. The zero-order valence-electron chi connectivity index (χ0n) is 19.9. The summed E-state index contributed by atoms with van der Waals surface area (Å²) >= 11 is 0. The lowest BCUT2D eigenvalue weighted by molar-refractivity contribution is -0.143. The fourth-order valence-corrected chi connectivity index (χ4v) is 5.10. The highest BCUT2D eigenvalue weighted by Crippen LogP contribution is 2.40. The van der Waals surface area contributed by atoms with Crippen molar-refractivity contribution >= 4 is 17.5 Å². The Morgan fingerprint density at radius 2 is 1.88 bits per heavy atom. The molecule has 2 unspecified atom stereocenters. The van der Waals surface area contributed by atoms with Gasteiger partial charge in [0.05, 0.1) is 17.7 Å². The second kappa shape index (κ2) is 8.30. The van der Waals surface area contributed by atoms with Gasteiger partial charge in [-0.2, -0.15) is 0 Å². The number of aromatic nitrogens is 5. The summed E-state index contributed by atoms with van der Waals surface area (Å²) in [5.41, 5.74) is 3.72. The van der Waals surface area contributed by atoms with E-state index in [1.807, 2.05) is 33.0 Å². The molecular formula is C25H29N7O2. The fourth-order valence-electron chi connectivity index (χ4n) is 5.10. The van der Waals surface area contributed by atoms with Gasteiger partial charge in [-0.3, -0.25) is 4.79 Å². The van der Waals surface area contributed by atoms with Gasteiger partial charge in [0, 0.05) is 67.7 Å². The summed E-state index contributed by atoms with van der Waals surface area (Å²) in [7, 11) is 0. The van der Waals surface area contributed by atoms with Gasteiger partial charge in [0.15, 0.2) is 11.6 Å². The first-order valence-corrected chi connectivity index (χ1v) is 11.6. The molecule has 9 nitrogen and oxygen atoms in total. The van der Waals surface area contributed by atoms with Crippen molar-refractivity contribution in [2.24, 2.45) is 11.3 Å². The standard InChI is InChI=1S/C25H29N7O2/c1-15-10-17(31-13-19(24(33)34)25(3,4)14-31)11-21(29-15)32-9-6-20-18(16(32)2)12-28-23(30-20)22-26-7-5-8-27-22/h5,7-8,10-12,16,19H,6,9,13-14H2,1-4H3,(H,33,34). The number of carboxylic acid groups (broad SMARTS) is 1. The summed E-state index contributed by atoms with van der Waals surface area (Å²) < 4.78 is 0. The molecule has 3 aromatic rings. The van der Waals surface area contributed by atoms with Crippen LogP contribution < -0.4 is 9.80 Å². The van der Waals surface area contributed by atoms with Gasteiger partial charge in [-0.15, -0.1) is 0 Å². The van der Waals surface area contributed by atoms with Crippen LogP contribution in [0.3, 0.4) is 0 Å². The van der Waals surface area contributed by atoms with Gasteiger partial charge in [0.25, 0.3) is 0 Å². The topological polar surface area (TPSA) is 108 Å². The van der Waals surface area contributed by atoms with Gasteiger partial charge in [-0.25, -0.2) is 24.9 Å². The van der Waals surface area contributed by atoms with E-state index in [9.17, 15) is 9.90 Å². The summed E-state index contributed by atoms with van der Waals surface area (Å²) in [5, 5.41) is 9.68. The Balaban J connectivity index is 1.42. The van der Waals surface area contributed by atoms with Crippen molar-refractivity contribution in [1.29, 1.82) is 0 Å². The van der Waals surface area contributed by atoms with E-state index in [-0.39, 0.29) is 11.5 Å². The van der Waals surface area contributed by atoms with Gasteiger partial charge in [-0.05, 0) is 31.4 Å². The number of aliphatic carboxylic acids is 1. The minimum atomic E-state index is -0.736. The number of nitrogens with zero attached hydrogens (tertiary/aromatic N) is 7. The third-order valence-corrected chi connectivity index (χ3v) is 7.00. The number of pyridine rings is 1. The van der Waals surface area contributed by atoms with Gasteiger partial charge < -0.3 is 14.9 Å². The molecule has 3 aromatic heterocycles. The predicted molar refractivity (Wildman–Crippen MR) is 129 cm³/mol. The second-order valence-corrected chi connectivity index (χ2v) is 9.87.